The average Bonchev–Trinajstić information content (AvgIpc) is 3.19. The van der Waals surface area contributed by atoms with Crippen LogP contribution in [0.25, 0.3) is 10.6 Å². The summed E-state index contributed by atoms with van der Waals surface area (Å²) in [6.07, 6.45) is 7.60. The number of hydrogen-bond acceptors (Lipinski definition) is 6. The Hall–Kier alpha value is -2.47. The van der Waals surface area contributed by atoms with E-state index in [9.17, 15) is 0 Å². The van der Waals surface area contributed by atoms with Gasteiger partial charge in [-0.25, -0.2) is 15.0 Å². The lowest BCUT2D eigenvalue weighted by Gasteiger charge is -2.31. The van der Waals surface area contributed by atoms with Crippen molar-refractivity contribution >= 4 is 28.1 Å². The molecule has 1 fully saturated rings. The maximum absolute atomic E-state index is 4.76. The van der Waals surface area contributed by atoms with Crippen LogP contribution in [0.2, 0.25) is 0 Å². The quantitative estimate of drug-likeness (QED) is 0.654. The van der Waals surface area contributed by atoms with Crippen LogP contribution in [-0.2, 0) is 0 Å². The van der Waals surface area contributed by atoms with E-state index in [0.29, 0.717) is 0 Å². The lowest BCUT2D eigenvalue weighted by atomic mass is 9.96. The fraction of sp³-hybridized carbons (Fsp3) is 0.381. The van der Waals surface area contributed by atoms with Gasteiger partial charge in [-0.2, -0.15) is 0 Å². The van der Waals surface area contributed by atoms with E-state index in [4.69, 9.17) is 4.98 Å². The van der Waals surface area contributed by atoms with Gasteiger partial charge in [0.2, 0.25) is 0 Å². The maximum Gasteiger partial charge on any atom is 0.185 e. The summed E-state index contributed by atoms with van der Waals surface area (Å²) in [6, 6.07) is 10.0. The van der Waals surface area contributed by atoms with E-state index in [2.05, 4.69) is 34.0 Å². The molecule has 1 unspecified atom stereocenters. The summed E-state index contributed by atoms with van der Waals surface area (Å²) in [4.78, 5) is 17.3. The van der Waals surface area contributed by atoms with Gasteiger partial charge in [0.15, 0.2) is 5.13 Å². The van der Waals surface area contributed by atoms with E-state index in [1.165, 1.54) is 24.8 Å². The third-order valence-corrected chi connectivity index (χ3v) is 6.11. The second-order valence-electron chi connectivity index (χ2n) is 7.12. The van der Waals surface area contributed by atoms with Crippen LogP contribution >= 0.6 is 11.3 Å². The Kier molecular flexibility index (Phi) is 5.34. The SMILES string of the molecule is CCC1CCCN(c2ncc(-c3cccc(Nc4cc(C)ccn4)n3)s2)C1. The summed E-state index contributed by atoms with van der Waals surface area (Å²) < 4.78 is 0. The molecule has 0 radical (unpaired) electrons. The highest BCUT2D eigenvalue weighted by Crippen LogP contribution is 2.33. The molecule has 6 heteroatoms. The number of aryl methyl sites for hydroxylation is 1. The number of thiazole rings is 1. The summed E-state index contributed by atoms with van der Waals surface area (Å²) in [5.74, 6) is 2.40. The molecular formula is C21H25N5S. The van der Waals surface area contributed by atoms with Gasteiger partial charge >= 0.3 is 0 Å². The molecule has 4 rings (SSSR count). The monoisotopic (exact) mass is 379 g/mol. The molecule has 1 N–H and O–H groups in total. The smallest absolute Gasteiger partial charge is 0.185 e. The zero-order chi connectivity index (χ0) is 18.6. The highest BCUT2D eigenvalue weighted by Gasteiger charge is 2.21. The molecule has 3 aromatic heterocycles. The summed E-state index contributed by atoms with van der Waals surface area (Å²) in [5.41, 5.74) is 2.11. The van der Waals surface area contributed by atoms with Crippen molar-refractivity contribution in [1.29, 1.82) is 0 Å². The Labute approximate surface area is 164 Å². The Balaban J connectivity index is 1.51. The van der Waals surface area contributed by atoms with Crippen LogP contribution in [0.3, 0.4) is 0 Å². The van der Waals surface area contributed by atoms with Crippen LogP contribution in [0.1, 0.15) is 31.7 Å². The van der Waals surface area contributed by atoms with E-state index < -0.39 is 0 Å². The molecule has 4 heterocycles. The number of nitrogens with one attached hydrogen (secondary N) is 1. The second kappa shape index (κ2) is 8.05. The first-order valence-electron chi connectivity index (χ1n) is 9.59. The van der Waals surface area contributed by atoms with Gasteiger partial charge in [-0.05, 0) is 55.5 Å². The molecule has 1 atom stereocenters. The largest absolute Gasteiger partial charge is 0.348 e. The molecule has 0 aliphatic carbocycles. The molecular weight excluding hydrogens is 354 g/mol. The second-order valence-corrected chi connectivity index (χ2v) is 8.13. The fourth-order valence-corrected chi connectivity index (χ4v) is 4.40. The third-order valence-electron chi connectivity index (χ3n) is 5.03. The van der Waals surface area contributed by atoms with Crippen molar-refractivity contribution in [2.75, 3.05) is 23.3 Å². The Morgan fingerprint density at radius 1 is 1.22 bits per heavy atom. The minimum atomic E-state index is 0.790. The van der Waals surface area contributed by atoms with Crippen LogP contribution in [0.5, 0.6) is 0 Å². The van der Waals surface area contributed by atoms with Crippen molar-refractivity contribution in [2.24, 2.45) is 5.92 Å². The number of piperidine rings is 1. The van der Waals surface area contributed by atoms with E-state index in [1.807, 2.05) is 36.5 Å². The normalized spacial score (nSPS) is 17.1. The summed E-state index contributed by atoms with van der Waals surface area (Å²) in [7, 11) is 0. The number of pyridine rings is 2. The molecule has 140 valence electrons. The summed E-state index contributed by atoms with van der Waals surface area (Å²) in [5, 5.41) is 4.40. The number of nitrogens with zero attached hydrogens (tertiary/aromatic N) is 4. The average molecular weight is 380 g/mol. The van der Waals surface area contributed by atoms with E-state index in [-0.39, 0.29) is 0 Å². The first kappa shape index (κ1) is 17.9. The highest BCUT2D eigenvalue weighted by molar-refractivity contribution is 7.18. The van der Waals surface area contributed by atoms with Gasteiger partial charge in [-0.3, -0.25) is 0 Å². The lowest BCUT2D eigenvalue weighted by Crippen LogP contribution is -2.34. The lowest BCUT2D eigenvalue weighted by molar-refractivity contribution is 0.404. The number of rotatable bonds is 5. The van der Waals surface area contributed by atoms with Gasteiger partial charge in [0.05, 0.1) is 10.6 Å². The minimum Gasteiger partial charge on any atom is -0.348 e. The molecule has 1 aliphatic heterocycles. The molecule has 0 amide bonds. The molecule has 1 aliphatic rings. The first-order valence-corrected chi connectivity index (χ1v) is 10.4. The maximum atomic E-state index is 4.76. The van der Waals surface area contributed by atoms with E-state index in [0.717, 1.165) is 46.3 Å². The predicted octanol–water partition coefficient (Wildman–Crippen LogP) is 5.28. The summed E-state index contributed by atoms with van der Waals surface area (Å²) in [6.45, 7) is 6.57. The molecule has 1 saturated heterocycles. The number of aromatic nitrogens is 3. The van der Waals surface area contributed by atoms with E-state index >= 15 is 0 Å². The van der Waals surface area contributed by atoms with E-state index in [1.54, 1.807) is 17.5 Å². The van der Waals surface area contributed by atoms with Crippen LogP contribution in [0, 0.1) is 12.8 Å². The van der Waals surface area contributed by atoms with Crippen LogP contribution in [0.4, 0.5) is 16.8 Å². The highest BCUT2D eigenvalue weighted by atomic mass is 32.1. The number of hydrogen-bond donors (Lipinski definition) is 1. The van der Waals surface area contributed by atoms with Gasteiger partial charge in [0.25, 0.3) is 0 Å². The van der Waals surface area contributed by atoms with Crippen molar-refractivity contribution in [2.45, 2.75) is 33.1 Å². The minimum absolute atomic E-state index is 0.790. The molecule has 0 saturated carbocycles. The summed E-state index contributed by atoms with van der Waals surface area (Å²) >= 11 is 1.73. The molecule has 0 bridgehead atoms. The molecule has 0 aromatic carbocycles. The van der Waals surface area contributed by atoms with Crippen molar-refractivity contribution in [3.63, 3.8) is 0 Å². The van der Waals surface area contributed by atoms with Crippen molar-refractivity contribution in [3.05, 3.63) is 48.3 Å². The van der Waals surface area contributed by atoms with Gasteiger partial charge in [-0.15, -0.1) is 0 Å². The first-order chi connectivity index (χ1) is 13.2. The Morgan fingerprint density at radius 2 is 2.15 bits per heavy atom. The van der Waals surface area contributed by atoms with Crippen molar-refractivity contribution < 1.29 is 0 Å². The predicted molar refractivity (Wildman–Crippen MR) is 113 cm³/mol. The topological polar surface area (TPSA) is 53.9 Å². The Morgan fingerprint density at radius 3 is 3.00 bits per heavy atom. The molecule has 0 spiro atoms. The number of anilines is 3. The molecule has 5 nitrogen and oxygen atoms in total. The zero-order valence-corrected chi connectivity index (χ0v) is 16.7. The fourth-order valence-electron chi connectivity index (χ4n) is 3.48. The van der Waals surface area contributed by atoms with Crippen LogP contribution in [0.15, 0.2) is 42.7 Å². The Bertz CT molecular complexity index is 907. The third kappa shape index (κ3) is 4.27. The molecule has 3 aromatic rings. The zero-order valence-electron chi connectivity index (χ0n) is 15.9. The van der Waals surface area contributed by atoms with Gasteiger partial charge in [0.1, 0.15) is 11.6 Å². The van der Waals surface area contributed by atoms with Crippen molar-refractivity contribution in [1.82, 2.24) is 15.0 Å². The van der Waals surface area contributed by atoms with Gasteiger partial charge in [-0.1, -0.05) is 30.7 Å². The van der Waals surface area contributed by atoms with Crippen LogP contribution < -0.4 is 10.2 Å². The molecule has 27 heavy (non-hydrogen) atoms. The standard InChI is InChI=1S/C21H25N5S/c1-3-16-6-5-11-26(14-16)21-23-13-18(27-21)17-7-4-8-19(24-17)25-20-12-15(2)9-10-22-20/h4,7-10,12-13,16H,3,5-6,11,14H2,1-2H3,(H,22,24,25). The van der Waals surface area contributed by atoms with Gasteiger partial charge in [0, 0.05) is 25.5 Å². The van der Waals surface area contributed by atoms with Crippen molar-refractivity contribution in [3.8, 4) is 10.6 Å². The van der Waals surface area contributed by atoms with Gasteiger partial charge < -0.3 is 10.2 Å². The van der Waals surface area contributed by atoms with Crippen LogP contribution in [-0.4, -0.2) is 28.0 Å².